The number of morpholine rings is 1. The summed E-state index contributed by atoms with van der Waals surface area (Å²) in [5.74, 6) is 0.427. The van der Waals surface area contributed by atoms with Crippen LogP contribution >= 0.6 is 24.0 Å². The molecule has 0 saturated carbocycles. The molecular formula is C17H27F2IN4O2. The molecule has 9 heteroatoms. The number of rotatable bonds is 8. The van der Waals surface area contributed by atoms with E-state index in [2.05, 4.69) is 19.9 Å². The monoisotopic (exact) mass is 484 g/mol. The third-order valence-corrected chi connectivity index (χ3v) is 3.91. The molecular weight excluding hydrogens is 457 g/mol. The summed E-state index contributed by atoms with van der Waals surface area (Å²) < 4.78 is 34.7. The average Bonchev–Trinajstić information content (AvgIpc) is 2.59. The average molecular weight is 484 g/mol. The fraction of sp³-hybridized carbons (Fsp3) is 0.588. The van der Waals surface area contributed by atoms with E-state index in [0.29, 0.717) is 18.1 Å². The third-order valence-electron chi connectivity index (χ3n) is 3.91. The first-order valence-corrected chi connectivity index (χ1v) is 8.43. The van der Waals surface area contributed by atoms with Gasteiger partial charge in [0.2, 0.25) is 0 Å². The van der Waals surface area contributed by atoms with Crippen molar-refractivity contribution in [3.63, 3.8) is 0 Å². The molecule has 0 aromatic heterocycles. The smallest absolute Gasteiger partial charge is 0.387 e. The Hall–Kier alpha value is -1.20. The summed E-state index contributed by atoms with van der Waals surface area (Å²) in [6.07, 6.45) is 0.945. The van der Waals surface area contributed by atoms with Crippen molar-refractivity contribution < 1.29 is 18.3 Å². The lowest BCUT2D eigenvalue weighted by atomic mass is 10.1. The molecule has 148 valence electrons. The van der Waals surface area contributed by atoms with E-state index in [1.807, 2.05) is 6.92 Å². The zero-order chi connectivity index (χ0) is 18.1. The van der Waals surface area contributed by atoms with Gasteiger partial charge in [-0.2, -0.15) is 8.78 Å². The zero-order valence-electron chi connectivity index (χ0n) is 14.9. The van der Waals surface area contributed by atoms with Crippen molar-refractivity contribution >= 4 is 29.9 Å². The Labute approximate surface area is 170 Å². The van der Waals surface area contributed by atoms with Gasteiger partial charge in [0, 0.05) is 25.2 Å². The Morgan fingerprint density at radius 1 is 1.38 bits per heavy atom. The van der Waals surface area contributed by atoms with E-state index in [9.17, 15) is 8.78 Å². The topological polar surface area (TPSA) is 72.1 Å². The number of ether oxygens (including phenoxy) is 2. The van der Waals surface area contributed by atoms with Crippen LogP contribution in [0.3, 0.4) is 0 Å². The summed E-state index contributed by atoms with van der Waals surface area (Å²) in [6, 6.07) is 5.02. The molecule has 1 aromatic carbocycles. The highest BCUT2D eigenvalue weighted by Gasteiger charge is 2.10. The Balaban J connectivity index is 0.00000338. The molecule has 0 atom stereocenters. The number of halogens is 3. The van der Waals surface area contributed by atoms with Crippen molar-refractivity contribution in [1.82, 2.24) is 10.2 Å². The number of nitrogens with zero attached hydrogens (tertiary/aromatic N) is 2. The summed E-state index contributed by atoms with van der Waals surface area (Å²) in [7, 11) is 0. The summed E-state index contributed by atoms with van der Waals surface area (Å²) >= 11 is 0. The van der Waals surface area contributed by atoms with Crippen molar-refractivity contribution in [2.75, 3.05) is 39.4 Å². The van der Waals surface area contributed by atoms with Crippen LogP contribution in [0, 0.1) is 6.92 Å². The van der Waals surface area contributed by atoms with E-state index < -0.39 is 6.61 Å². The molecule has 0 bridgehead atoms. The second kappa shape index (κ2) is 12.2. The summed E-state index contributed by atoms with van der Waals surface area (Å²) in [5, 5.41) is 3.05. The Kier molecular flexibility index (Phi) is 10.7. The first-order valence-electron chi connectivity index (χ1n) is 8.43. The van der Waals surface area contributed by atoms with Crippen molar-refractivity contribution in [3.05, 3.63) is 29.3 Å². The number of aryl methyl sites for hydroxylation is 1. The molecule has 1 aromatic rings. The molecule has 3 N–H and O–H groups in total. The predicted octanol–water partition coefficient (Wildman–Crippen LogP) is 2.34. The normalized spacial score (nSPS) is 15.6. The van der Waals surface area contributed by atoms with Gasteiger partial charge in [-0.25, -0.2) is 4.99 Å². The van der Waals surface area contributed by atoms with Gasteiger partial charge in [0.1, 0.15) is 5.75 Å². The van der Waals surface area contributed by atoms with Crippen LogP contribution in [0.1, 0.15) is 17.5 Å². The van der Waals surface area contributed by atoms with Gasteiger partial charge in [0.25, 0.3) is 0 Å². The van der Waals surface area contributed by atoms with Crippen LogP contribution in [0.15, 0.2) is 23.2 Å². The highest BCUT2D eigenvalue weighted by atomic mass is 127. The molecule has 0 amide bonds. The van der Waals surface area contributed by atoms with Crippen LogP contribution in [-0.2, 0) is 11.3 Å². The highest BCUT2D eigenvalue weighted by Crippen LogP contribution is 2.22. The number of aliphatic imine (C=N–C) groups is 1. The molecule has 0 aliphatic carbocycles. The molecule has 1 aliphatic heterocycles. The van der Waals surface area contributed by atoms with Gasteiger partial charge in [-0.15, -0.1) is 24.0 Å². The first kappa shape index (κ1) is 22.8. The van der Waals surface area contributed by atoms with Gasteiger partial charge in [-0.1, -0.05) is 17.7 Å². The quantitative estimate of drug-likeness (QED) is 0.257. The van der Waals surface area contributed by atoms with Crippen molar-refractivity contribution in [2.45, 2.75) is 26.5 Å². The minimum Gasteiger partial charge on any atom is -0.434 e. The fourth-order valence-corrected chi connectivity index (χ4v) is 2.61. The molecule has 6 nitrogen and oxygen atoms in total. The largest absolute Gasteiger partial charge is 0.434 e. The van der Waals surface area contributed by atoms with E-state index in [1.54, 1.807) is 12.1 Å². The van der Waals surface area contributed by atoms with Gasteiger partial charge in [0.15, 0.2) is 5.96 Å². The lowest BCUT2D eigenvalue weighted by Gasteiger charge is -2.26. The molecule has 1 heterocycles. The summed E-state index contributed by atoms with van der Waals surface area (Å²) in [5.41, 5.74) is 7.38. The Morgan fingerprint density at radius 2 is 2.12 bits per heavy atom. The zero-order valence-corrected chi connectivity index (χ0v) is 17.2. The van der Waals surface area contributed by atoms with E-state index in [4.69, 9.17) is 10.5 Å². The molecule has 1 fully saturated rings. The van der Waals surface area contributed by atoms with Crippen LogP contribution in [0.2, 0.25) is 0 Å². The molecule has 1 saturated heterocycles. The molecule has 26 heavy (non-hydrogen) atoms. The predicted molar refractivity (Wildman–Crippen MR) is 108 cm³/mol. The number of hydrogen-bond acceptors (Lipinski definition) is 4. The lowest BCUT2D eigenvalue weighted by molar-refractivity contribution is -0.0504. The standard InChI is InChI=1S/C17H26F2N4O2.HI/c1-13-3-4-15(25-16(18)19)14(11-13)12-22-17(20)21-5-2-6-23-7-9-24-10-8-23;/h3-4,11,16H,2,5-10,12H2,1H3,(H3,20,21,22);1H. The maximum atomic E-state index is 12.5. The van der Waals surface area contributed by atoms with Crippen LogP contribution in [0.25, 0.3) is 0 Å². The van der Waals surface area contributed by atoms with Crippen LogP contribution in [-0.4, -0.2) is 56.9 Å². The van der Waals surface area contributed by atoms with E-state index >= 15 is 0 Å². The van der Waals surface area contributed by atoms with Gasteiger partial charge < -0.3 is 20.5 Å². The van der Waals surface area contributed by atoms with Crippen LogP contribution in [0.4, 0.5) is 8.78 Å². The first-order chi connectivity index (χ1) is 12.0. The Bertz CT molecular complexity index is 570. The maximum Gasteiger partial charge on any atom is 0.387 e. The minimum atomic E-state index is -2.86. The molecule has 0 unspecified atom stereocenters. The molecule has 2 rings (SSSR count). The number of hydrogen-bond donors (Lipinski definition) is 2. The molecule has 1 aliphatic rings. The van der Waals surface area contributed by atoms with Gasteiger partial charge >= 0.3 is 6.61 Å². The van der Waals surface area contributed by atoms with Crippen molar-refractivity contribution in [2.24, 2.45) is 10.7 Å². The number of nitrogens with two attached hydrogens (primary N) is 1. The van der Waals surface area contributed by atoms with Crippen molar-refractivity contribution in [3.8, 4) is 5.75 Å². The van der Waals surface area contributed by atoms with Crippen LogP contribution in [0.5, 0.6) is 5.75 Å². The second-order valence-electron chi connectivity index (χ2n) is 5.93. The molecule has 0 spiro atoms. The Morgan fingerprint density at radius 3 is 2.81 bits per heavy atom. The molecule has 0 radical (unpaired) electrons. The number of benzene rings is 1. The van der Waals surface area contributed by atoms with Crippen LogP contribution < -0.4 is 15.8 Å². The second-order valence-corrected chi connectivity index (χ2v) is 5.93. The van der Waals surface area contributed by atoms with Gasteiger partial charge in [-0.3, -0.25) is 4.90 Å². The van der Waals surface area contributed by atoms with Crippen molar-refractivity contribution in [1.29, 1.82) is 0 Å². The third kappa shape index (κ3) is 8.45. The van der Waals surface area contributed by atoms with E-state index in [-0.39, 0.29) is 36.3 Å². The summed E-state index contributed by atoms with van der Waals surface area (Å²) in [4.78, 5) is 6.56. The van der Waals surface area contributed by atoms with Gasteiger partial charge in [-0.05, 0) is 26.0 Å². The number of nitrogens with one attached hydrogen (secondary N) is 1. The van der Waals surface area contributed by atoms with E-state index in [1.165, 1.54) is 6.07 Å². The maximum absolute atomic E-state index is 12.5. The summed E-state index contributed by atoms with van der Waals surface area (Å²) in [6.45, 7) is 4.40. The number of guanidine groups is 1. The fourth-order valence-electron chi connectivity index (χ4n) is 2.61. The lowest BCUT2D eigenvalue weighted by Crippen LogP contribution is -2.39. The van der Waals surface area contributed by atoms with E-state index in [0.717, 1.165) is 44.8 Å². The van der Waals surface area contributed by atoms with Gasteiger partial charge in [0.05, 0.1) is 19.8 Å². The minimum absolute atomic E-state index is 0. The number of alkyl halides is 2. The highest BCUT2D eigenvalue weighted by molar-refractivity contribution is 14.0. The SMILES string of the molecule is Cc1ccc(OC(F)F)c(CN=C(N)NCCCN2CCOCC2)c1.I.